The number of nitrogens with zero attached hydrogens (tertiary/aromatic N) is 2. The Bertz CT molecular complexity index is 695. The van der Waals surface area contributed by atoms with Crippen LogP contribution in [0.15, 0.2) is 23.2 Å². The molecular weight excluding hydrogens is 479 g/mol. The van der Waals surface area contributed by atoms with Crippen molar-refractivity contribution in [3.05, 3.63) is 29.3 Å². The third-order valence-electron chi connectivity index (χ3n) is 5.56. The molecule has 29 heavy (non-hydrogen) atoms. The van der Waals surface area contributed by atoms with Crippen LogP contribution in [-0.2, 0) is 17.6 Å². The van der Waals surface area contributed by atoms with Gasteiger partial charge in [-0.05, 0) is 49.8 Å². The zero-order chi connectivity index (χ0) is 19.8. The molecule has 0 radical (unpaired) electrons. The van der Waals surface area contributed by atoms with Crippen molar-refractivity contribution in [2.45, 2.75) is 58.4 Å². The molecule has 1 aromatic carbocycles. The first-order valence-electron chi connectivity index (χ1n) is 10.8. The molecule has 0 spiro atoms. The van der Waals surface area contributed by atoms with Crippen LogP contribution >= 0.6 is 24.0 Å². The summed E-state index contributed by atoms with van der Waals surface area (Å²) in [6, 6.07) is 6.80. The van der Waals surface area contributed by atoms with Gasteiger partial charge in [0.2, 0.25) is 5.91 Å². The minimum atomic E-state index is 0. The number of halogens is 1. The molecule has 1 saturated heterocycles. The van der Waals surface area contributed by atoms with E-state index in [0.717, 1.165) is 76.6 Å². The van der Waals surface area contributed by atoms with Crippen LogP contribution in [0, 0.1) is 0 Å². The molecular formula is C22H35IN4O2. The Labute approximate surface area is 191 Å². The molecule has 6 nitrogen and oxygen atoms in total. The number of hydrogen-bond donors (Lipinski definition) is 2. The molecule has 162 valence electrons. The summed E-state index contributed by atoms with van der Waals surface area (Å²) in [5.74, 6) is 2.20. The van der Waals surface area contributed by atoms with Crippen LogP contribution in [0.25, 0.3) is 0 Å². The van der Waals surface area contributed by atoms with Gasteiger partial charge in [-0.3, -0.25) is 9.79 Å². The maximum Gasteiger partial charge on any atom is 0.222 e. The molecule has 2 N–H and O–H groups in total. The lowest BCUT2D eigenvalue weighted by molar-refractivity contribution is -0.129. The van der Waals surface area contributed by atoms with E-state index in [4.69, 9.17) is 9.73 Å². The number of likely N-dealkylation sites (tertiary alicyclic amines) is 1. The Morgan fingerprint density at radius 2 is 2.14 bits per heavy atom. The van der Waals surface area contributed by atoms with Crippen molar-refractivity contribution in [1.82, 2.24) is 15.5 Å². The summed E-state index contributed by atoms with van der Waals surface area (Å²) in [5, 5.41) is 6.75. The molecule has 1 aromatic rings. The van der Waals surface area contributed by atoms with Gasteiger partial charge in [0, 0.05) is 45.1 Å². The van der Waals surface area contributed by atoms with Crippen molar-refractivity contribution >= 4 is 35.8 Å². The number of carbonyl (C=O) groups excluding carboxylic acids is 1. The van der Waals surface area contributed by atoms with Crippen LogP contribution in [-0.4, -0.2) is 55.6 Å². The van der Waals surface area contributed by atoms with Gasteiger partial charge in [0.25, 0.3) is 0 Å². The van der Waals surface area contributed by atoms with Gasteiger partial charge < -0.3 is 20.3 Å². The number of hydrogen-bond acceptors (Lipinski definition) is 3. The summed E-state index contributed by atoms with van der Waals surface area (Å²) in [7, 11) is 0. The summed E-state index contributed by atoms with van der Waals surface area (Å²) in [4.78, 5) is 18.8. The minimum Gasteiger partial charge on any atom is -0.493 e. The molecule has 0 saturated carbocycles. The van der Waals surface area contributed by atoms with E-state index >= 15 is 0 Å². The van der Waals surface area contributed by atoms with E-state index in [1.54, 1.807) is 0 Å². The fourth-order valence-electron chi connectivity index (χ4n) is 4.02. The molecule has 3 rings (SSSR count). The number of carbonyl (C=O) groups is 1. The van der Waals surface area contributed by atoms with Gasteiger partial charge in [0.1, 0.15) is 5.75 Å². The molecule has 2 heterocycles. The van der Waals surface area contributed by atoms with Crippen molar-refractivity contribution in [2.75, 3.05) is 32.8 Å². The predicted octanol–water partition coefficient (Wildman–Crippen LogP) is 3.13. The number of guanidine groups is 1. The van der Waals surface area contributed by atoms with E-state index < -0.39 is 0 Å². The normalized spacial score (nSPS) is 16.8. The number of rotatable bonds is 9. The van der Waals surface area contributed by atoms with Crippen LogP contribution in [0.1, 0.15) is 50.7 Å². The zero-order valence-corrected chi connectivity index (χ0v) is 20.0. The number of fused-ring (bicyclic) bond motifs is 1. The lowest BCUT2D eigenvalue weighted by Crippen LogP contribution is -2.39. The molecule has 1 fully saturated rings. The SMILES string of the molecule is CCNC(=NCCC(CC)N1CCCC1=O)NCCc1ccc2c(c1)CCO2.I. The van der Waals surface area contributed by atoms with Crippen molar-refractivity contribution in [3.8, 4) is 5.75 Å². The minimum absolute atomic E-state index is 0. The van der Waals surface area contributed by atoms with Crippen LogP contribution in [0.5, 0.6) is 5.75 Å². The second-order valence-electron chi connectivity index (χ2n) is 7.52. The van der Waals surface area contributed by atoms with E-state index in [2.05, 4.69) is 42.7 Å². The van der Waals surface area contributed by atoms with Gasteiger partial charge in [-0.1, -0.05) is 19.1 Å². The number of aliphatic imine (C=N–C) groups is 1. The van der Waals surface area contributed by atoms with Gasteiger partial charge in [-0.25, -0.2) is 0 Å². The molecule has 1 amide bonds. The third-order valence-corrected chi connectivity index (χ3v) is 5.56. The van der Waals surface area contributed by atoms with Crippen LogP contribution in [0.3, 0.4) is 0 Å². The van der Waals surface area contributed by atoms with Gasteiger partial charge in [-0.2, -0.15) is 0 Å². The van der Waals surface area contributed by atoms with Crippen LogP contribution in [0.2, 0.25) is 0 Å². The predicted molar refractivity (Wildman–Crippen MR) is 128 cm³/mol. The molecule has 7 heteroatoms. The van der Waals surface area contributed by atoms with Gasteiger partial charge in [0.15, 0.2) is 5.96 Å². The maximum atomic E-state index is 12.0. The lowest BCUT2D eigenvalue weighted by Gasteiger charge is -2.26. The summed E-state index contributed by atoms with van der Waals surface area (Å²) in [5.41, 5.74) is 2.64. The first kappa shape index (κ1) is 23.8. The fourth-order valence-corrected chi connectivity index (χ4v) is 4.02. The van der Waals surface area contributed by atoms with E-state index in [9.17, 15) is 4.79 Å². The standard InChI is InChI=1S/C22H34N4O2.HI/c1-3-19(26-14-5-6-21(26)27)10-13-25-22(23-4-2)24-12-9-17-7-8-20-18(16-17)11-15-28-20;/h7-8,16,19H,3-6,9-15H2,1-2H3,(H2,23,24,25);1H. The number of amides is 1. The van der Waals surface area contributed by atoms with E-state index in [1.165, 1.54) is 11.1 Å². The second-order valence-corrected chi connectivity index (χ2v) is 7.52. The highest BCUT2D eigenvalue weighted by molar-refractivity contribution is 14.0. The Morgan fingerprint density at radius 3 is 2.86 bits per heavy atom. The molecule has 0 bridgehead atoms. The molecule has 0 aliphatic carbocycles. The van der Waals surface area contributed by atoms with E-state index in [-0.39, 0.29) is 24.0 Å². The Morgan fingerprint density at radius 1 is 1.28 bits per heavy atom. The monoisotopic (exact) mass is 514 g/mol. The van der Waals surface area contributed by atoms with Crippen molar-refractivity contribution in [1.29, 1.82) is 0 Å². The summed E-state index contributed by atoms with van der Waals surface area (Å²) in [6.07, 6.45) is 5.59. The zero-order valence-electron chi connectivity index (χ0n) is 17.7. The van der Waals surface area contributed by atoms with Crippen molar-refractivity contribution < 1.29 is 9.53 Å². The average molecular weight is 514 g/mol. The van der Waals surface area contributed by atoms with Crippen molar-refractivity contribution in [3.63, 3.8) is 0 Å². The summed E-state index contributed by atoms with van der Waals surface area (Å²) in [6.45, 7) is 8.35. The topological polar surface area (TPSA) is 66.0 Å². The Balaban J connectivity index is 0.00000300. The third kappa shape index (κ3) is 6.76. The quantitative estimate of drug-likeness (QED) is 0.302. The highest BCUT2D eigenvalue weighted by atomic mass is 127. The number of ether oxygens (including phenoxy) is 1. The molecule has 1 unspecified atom stereocenters. The van der Waals surface area contributed by atoms with Gasteiger partial charge >= 0.3 is 0 Å². The highest BCUT2D eigenvalue weighted by Crippen LogP contribution is 2.25. The largest absolute Gasteiger partial charge is 0.493 e. The van der Waals surface area contributed by atoms with Crippen LogP contribution < -0.4 is 15.4 Å². The molecule has 2 aliphatic rings. The first-order chi connectivity index (χ1) is 13.7. The average Bonchev–Trinajstić information content (AvgIpc) is 3.33. The summed E-state index contributed by atoms with van der Waals surface area (Å²) < 4.78 is 5.58. The van der Waals surface area contributed by atoms with E-state index in [0.29, 0.717) is 18.4 Å². The number of benzene rings is 1. The lowest BCUT2D eigenvalue weighted by atomic mass is 10.1. The highest BCUT2D eigenvalue weighted by Gasteiger charge is 2.26. The van der Waals surface area contributed by atoms with E-state index in [1.807, 2.05) is 4.90 Å². The molecule has 2 aliphatic heterocycles. The first-order valence-corrected chi connectivity index (χ1v) is 10.8. The summed E-state index contributed by atoms with van der Waals surface area (Å²) >= 11 is 0. The fraction of sp³-hybridized carbons (Fsp3) is 0.636. The van der Waals surface area contributed by atoms with Gasteiger partial charge in [0.05, 0.1) is 6.61 Å². The molecule has 1 atom stereocenters. The Hall–Kier alpha value is -1.51. The Kier molecular flexibility index (Phi) is 10.0. The maximum absolute atomic E-state index is 12.0. The smallest absolute Gasteiger partial charge is 0.222 e. The second kappa shape index (κ2) is 12.2. The van der Waals surface area contributed by atoms with Crippen LogP contribution in [0.4, 0.5) is 0 Å². The van der Waals surface area contributed by atoms with Gasteiger partial charge in [-0.15, -0.1) is 24.0 Å². The molecule has 0 aromatic heterocycles. The number of nitrogens with one attached hydrogen (secondary N) is 2. The van der Waals surface area contributed by atoms with Crippen molar-refractivity contribution in [2.24, 2.45) is 4.99 Å².